The third-order valence-corrected chi connectivity index (χ3v) is 10.8. The standard InChI is InChI=1S/C43H41N2O7PS/c46-37(30-44-28-27-33-21-23-38(24-22-33)52-43(53-47,35-15-7-2-8-16-35)36-17-9-3-10-18-36)32-50-39-25-26-42(51-31-34-13-5-1-6-14-34)41(29-39)45-54(48,49)40-19-11-4-12-20-40/h1-26,29,37,44-46H,27-28,30-32H2/t37-/m0/s1. The summed E-state index contributed by atoms with van der Waals surface area (Å²) in [6.07, 6.45) is -0.125. The zero-order chi connectivity index (χ0) is 37.6. The summed E-state index contributed by atoms with van der Waals surface area (Å²) in [5, 5.41) is 12.7. The third kappa shape index (κ3) is 10.1. The van der Waals surface area contributed by atoms with Gasteiger partial charge in [0, 0.05) is 23.7 Å². The average Bonchev–Trinajstić information content (AvgIpc) is 3.22. The van der Waals surface area contributed by atoms with E-state index in [2.05, 4.69) is 10.0 Å². The van der Waals surface area contributed by atoms with Crippen molar-refractivity contribution in [3.63, 3.8) is 0 Å². The first kappa shape index (κ1) is 38.2. The lowest BCUT2D eigenvalue weighted by Crippen LogP contribution is -2.32. The molecular weight excluding hydrogens is 720 g/mol. The van der Waals surface area contributed by atoms with E-state index in [0.29, 0.717) is 30.2 Å². The van der Waals surface area contributed by atoms with Crippen LogP contribution >= 0.6 is 8.46 Å². The molecule has 1 atom stereocenters. The Morgan fingerprint density at radius 2 is 1.24 bits per heavy atom. The minimum Gasteiger partial charge on any atom is -0.491 e. The minimum absolute atomic E-state index is 0.0161. The Morgan fingerprint density at radius 1 is 0.667 bits per heavy atom. The summed E-state index contributed by atoms with van der Waals surface area (Å²) in [5.41, 5.74) is 3.77. The Hall–Kier alpha value is -5.51. The van der Waals surface area contributed by atoms with Crippen LogP contribution < -0.4 is 24.2 Å². The summed E-state index contributed by atoms with van der Waals surface area (Å²) in [6, 6.07) is 49.3. The fourth-order valence-corrected chi connectivity index (χ4v) is 7.46. The fraction of sp³-hybridized carbons (Fsp3) is 0.163. The summed E-state index contributed by atoms with van der Waals surface area (Å²) in [6.45, 7) is 1.12. The number of hydrogen-bond donors (Lipinski definition) is 3. The Morgan fingerprint density at radius 3 is 1.85 bits per heavy atom. The first-order chi connectivity index (χ1) is 26.3. The molecule has 0 unspecified atom stereocenters. The zero-order valence-corrected chi connectivity index (χ0v) is 31.2. The Balaban J connectivity index is 1.02. The molecular formula is C43H41N2O7PS. The lowest BCUT2D eigenvalue weighted by molar-refractivity contribution is 0.106. The maximum atomic E-state index is 13.2. The molecule has 6 aromatic carbocycles. The molecule has 0 aliphatic rings. The summed E-state index contributed by atoms with van der Waals surface area (Å²) in [5.74, 6) is 1.29. The molecule has 0 fully saturated rings. The highest BCUT2D eigenvalue weighted by Crippen LogP contribution is 2.43. The van der Waals surface area contributed by atoms with E-state index in [1.165, 1.54) is 12.1 Å². The molecule has 0 aromatic heterocycles. The molecule has 276 valence electrons. The highest BCUT2D eigenvalue weighted by atomic mass is 32.2. The van der Waals surface area contributed by atoms with E-state index in [0.717, 1.165) is 22.3 Å². The molecule has 0 heterocycles. The number of benzene rings is 6. The van der Waals surface area contributed by atoms with Crippen molar-refractivity contribution in [2.75, 3.05) is 24.4 Å². The van der Waals surface area contributed by atoms with Gasteiger partial charge in [-0.1, -0.05) is 121 Å². The molecule has 6 rings (SSSR count). The van der Waals surface area contributed by atoms with Crippen molar-refractivity contribution in [2.45, 2.75) is 29.4 Å². The molecule has 0 aliphatic heterocycles. The van der Waals surface area contributed by atoms with E-state index in [-0.39, 0.29) is 38.8 Å². The highest BCUT2D eigenvalue weighted by Gasteiger charge is 2.38. The molecule has 0 saturated heterocycles. The van der Waals surface area contributed by atoms with Gasteiger partial charge in [-0.05, 0) is 60.5 Å². The number of aliphatic hydroxyl groups is 1. The summed E-state index contributed by atoms with van der Waals surface area (Å²) < 4.78 is 60.1. The van der Waals surface area contributed by atoms with Crippen molar-refractivity contribution in [1.29, 1.82) is 0 Å². The third-order valence-electron chi connectivity index (χ3n) is 8.55. The number of nitrogens with one attached hydrogen (secondary N) is 2. The molecule has 0 saturated carbocycles. The lowest BCUT2D eigenvalue weighted by Gasteiger charge is -2.29. The van der Waals surface area contributed by atoms with Crippen LogP contribution in [0.4, 0.5) is 5.69 Å². The molecule has 0 bridgehead atoms. The quantitative estimate of drug-likeness (QED) is 0.0558. The number of aliphatic hydroxyl groups excluding tert-OH is 1. The number of anilines is 1. The predicted molar refractivity (Wildman–Crippen MR) is 211 cm³/mol. The molecule has 0 amide bonds. The van der Waals surface area contributed by atoms with Crippen molar-refractivity contribution in [3.05, 3.63) is 186 Å². The van der Waals surface area contributed by atoms with E-state index in [4.69, 9.17) is 14.2 Å². The number of ether oxygens (including phenoxy) is 3. The van der Waals surface area contributed by atoms with Crippen LogP contribution in [-0.4, -0.2) is 39.3 Å². The number of rotatable bonds is 19. The van der Waals surface area contributed by atoms with Gasteiger partial charge in [-0.15, -0.1) is 0 Å². The van der Waals surface area contributed by atoms with Gasteiger partial charge in [0.05, 0.1) is 10.6 Å². The molecule has 11 heteroatoms. The maximum Gasteiger partial charge on any atom is 0.262 e. The van der Waals surface area contributed by atoms with Gasteiger partial charge >= 0.3 is 0 Å². The van der Waals surface area contributed by atoms with E-state index in [1.54, 1.807) is 36.4 Å². The topological polar surface area (TPSA) is 123 Å². The van der Waals surface area contributed by atoms with Gasteiger partial charge in [-0.25, -0.2) is 8.42 Å². The van der Waals surface area contributed by atoms with E-state index >= 15 is 0 Å². The summed E-state index contributed by atoms with van der Waals surface area (Å²) in [4.78, 5) is 0.114. The van der Waals surface area contributed by atoms with Crippen molar-refractivity contribution >= 4 is 24.2 Å². The van der Waals surface area contributed by atoms with Gasteiger partial charge in [0.25, 0.3) is 10.0 Å². The molecule has 0 aliphatic carbocycles. The van der Waals surface area contributed by atoms with Crippen molar-refractivity contribution in [1.82, 2.24) is 5.32 Å². The molecule has 54 heavy (non-hydrogen) atoms. The molecule has 0 radical (unpaired) electrons. The van der Waals surface area contributed by atoms with E-state index in [1.807, 2.05) is 115 Å². The molecule has 3 N–H and O–H groups in total. The van der Waals surface area contributed by atoms with Crippen LogP contribution in [0.5, 0.6) is 17.2 Å². The molecule has 9 nitrogen and oxygen atoms in total. The summed E-state index contributed by atoms with van der Waals surface area (Å²) >= 11 is 0. The smallest absolute Gasteiger partial charge is 0.262 e. The van der Waals surface area contributed by atoms with Gasteiger partial charge in [0.15, 0.2) is 0 Å². The second-order valence-corrected chi connectivity index (χ2v) is 15.0. The van der Waals surface area contributed by atoms with Crippen LogP contribution in [-0.2, 0) is 33.0 Å². The van der Waals surface area contributed by atoms with Crippen LogP contribution in [0.1, 0.15) is 22.3 Å². The van der Waals surface area contributed by atoms with Crippen LogP contribution in [0.3, 0.4) is 0 Å². The Bertz CT molecular complexity index is 2140. The van der Waals surface area contributed by atoms with E-state index in [9.17, 15) is 18.1 Å². The van der Waals surface area contributed by atoms with Gasteiger partial charge in [0.1, 0.15) is 36.6 Å². The SMILES string of the molecule is O=PC(Oc1ccc(CCNC[C@H](O)COc2ccc(OCc3ccccc3)c(NS(=O)(=O)c3ccccc3)c2)cc1)(c1ccccc1)c1ccccc1. The zero-order valence-electron chi connectivity index (χ0n) is 29.5. The first-order valence-corrected chi connectivity index (χ1v) is 19.8. The second kappa shape index (κ2) is 18.5. The Kier molecular flexibility index (Phi) is 13.1. The Labute approximate surface area is 317 Å². The maximum absolute atomic E-state index is 13.2. The van der Waals surface area contributed by atoms with Crippen LogP contribution in [0.2, 0.25) is 0 Å². The average molecular weight is 761 g/mol. The molecule has 6 aromatic rings. The van der Waals surface area contributed by atoms with Gasteiger partial charge in [0.2, 0.25) is 13.8 Å². The first-order valence-electron chi connectivity index (χ1n) is 17.5. The van der Waals surface area contributed by atoms with Gasteiger partial charge in [-0.3, -0.25) is 9.29 Å². The van der Waals surface area contributed by atoms with Gasteiger partial charge < -0.3 is 24.6 Å². The number of sulfonamides is 1. The predicted octanol–water partition coefficient (Wildman–Crippen LogP) is 8.21. The second-order valence-electron chi connectivity index (χ2n) is 12.5. The van der Waals surface area contributed by atoms with Gasteiger partial charge in [-0.2, -0.15) is 0 Å². The fourth-order valence-electron chi connectivity index (χ4n) is 5.73. The highest BCUT2D eigenvalue weighted by molar-refractivity contribution is 7.92. The van der Waals surface area contributed by atoms with Crippen LogP contribution in [0, 0.1) is 0 Å². The van der Waals surface area contributed by atoms with Crippen LogP contribution in [0.25, 0.3) is 0 Å². The normalized spacial score (nSPS) is 12.2. The van der Waals surface area contributed by atoms with Crippen LogP contribution in [0.15, 0.2) is 169 Å². The van der Waals surface area contributed by atoms with E-state index < -0.39 is 21.5 Å². The molecule has 0 spiro atoms. The number of hydrogen-bond acceptors (Lipinski definition) is 8. The minimum atomic E-state index is -3.90. The van der Waals surface area contributed by atoms with Crippen molar-refractivity contribution in [2.24, 2.45) is 0 Å². The van der Waals surface area contributed by atoms with Crippen molar-refractivity contribution < 1.29 is 32.3 Å². The van der Waals surface area contributed by atoms with Crippen molar-refractivity contribution in [3.8, 4) is 17.2 Å². The lowest BCUT2D eigenvalue weighted by atomic mass is 10.0. The largest absolute Gasteiger partial charge is 0.491 e. The monoisotopic (exact) mass is 760 g/mol. The summed E-state index contributed by atoms with van der Waals surface area (Å²) in [7, 11) is -4.09.